The van der Waals surface area contributed by atoms with Crippen molar-refractivity contribution < 1.29 is 4.79 Å². The van der Waals surface area contributed by atoms with Gasteiger partial charge in [0.1, 0.15) is 14.9 Å². The highest BCUT2D eigenvalue weighted by Crippen LogP contribution is 2.44. The Kier molecular flexibility index (Phi) is 4.29. The Labute approximate surface area is 122 Å². The zero-order chi connectivity index (χ0) is 13.4. The van der Waals surface area contributed by atoms with E-state index in [0.29, 0.717) is 6.54 Å². The van der Waals surface area contributed by atoms with Crippen molar-refractivity contribution in [2.24, 2.45) is 0 Å². The number of rotatable bonds is 3. The molecular formula is C12H18N2OS3. The molecule has 0 N–H and O–H groups in total. The maximum atomic E-state index is 12.4. The highest BCUT2D eigenvalue weighted by molar-refractivity contribution is 8.24. The van der Waals surface area contributed by atoms with E-state index >= 15 is 0 Å². The van der Waals surface area contributed by atoms with Gasteiger partial charge in [-0.05, 0) is 27.7 Å². The van der Waals surface area contributed by atoms with Crippen LogP contribution in [0.25, 0.3) is 0 Å². The van der Waals surface area contributed by atoms with Crippen LogP contribution in [0, 0.1) is 0 Å². The van der Waals surface area contributed by atoms with Gasteiger partial charge in [0.2, 0.25) is 5.91 Å². The molecular weight excluding hydrogens is 284 g/mol. The topological polar surface area (TPSA) is 23.6 Å². The number of amides is 1. The molecule has 0 aliphatic carbocycles. The largest absolute Gasteiger partial charge is 0.361 e. The van der Waals surface area contributed by atoms with Crippen LogP contribution in [0.5, 0.6) is 0 Å². The van der Waals surface area contributed by atoms with Gasteiger partial charge in [0.25, 0.3) is 0 Å². The van der Waals surface area contributed by atoms with Crippen molar-refractivity contribution in [1.82, 2.24) is 9.80 Å². The van der Waals surface area contributed by atoms with Gasteiger partial charge in [0, 0.05) is 23.7 Å². The smallest absolute Gasteiger partial charge is 0.244 e. The Hall–Kier alpha value is -0.200. The van der Waals surface area contributed by atoms with E-state index in [1.165, 1.54) is 10.6 Å². The van der Waals surface area contributed by atoms with Crippen LogP contribution in [-0.2, 0) is 4.79 Å². The van der Waals surface area contributed by atoms with Crippen LogP contribution >= 0.6 is 35.7 Å². The molecule has 2 unspecified atom stereocenters. The predicted molar refractivity (Wildman–Crippen MR) is 83.5 cm³/mol. The molecule has 0 aromatic heterocycles. The second-order valence-corrected chi connectivity index (χ2v) is 7.43. The Bertz CT molecular complexity index is 422. The van der Waals surface area contributed by atoms with Gasteiger partial charge in [0.15, 0.2) is 0 Å². The molecule has 3 nitrogen and oxygen atoms in total. The average molecular weight is 302 g/mol. The lowest BCUT2D eigenvalue weighted by atomic mass is 10.3. The van der Waals surface area contributed by atoms with Crippen molar-refractivity contribution in [1.29, 1.82) is 0 Å². The molecule has 2 heterocycles. The van der Waals surface area contributed by atoms with Gasteiger partial charge in [-0.2, -0.15) is 0 Å². The number of hydrogen-bond acceptors (Lipinski definition) is 5. The minimum atomic E-state index is -0.0604. The highest BCUT2D eigenvalue weighted by atomic mass is 32.2. The molecule has 0 radical (unpaired) electrons. The lowest BCUT2D eigenvalue weighted by Crippen LogP contribution is -2.41. The predicted octanol–water partition coefficient (Wildman–Crippen LogP) is 2.88. The molecule has 2 aliphatic rings. The minimum Gasteiger partial charge on any atom is -0.361 e. The van der Waals surface area contributed by atoms with Gasteiger partial charge in [-0.1, -0.05) is 24.0 Å². The van der Waals surface area contributed by atoms with Gasteiger partial charge in [0.05, 0.1) is 0 Å². The summed E-state index contributed by atoms with van der Waals surface area (Å²) in [6.07, 6.45) is 0. The van der Waals surface area contributed by atoms with Gasteiger partial charge in [-0.25, -0.2) is 0 Å². The molecule has 0 spiro atoms. The highest BCUT2D eigenvalue weighted by Gasteiger charge is 2.45. The fourth-order valence-electron chi connectivity index (χ4n) is 2.30. The summed E-state index contributed by atoms with van der Waals surface area (Å²) in [7, 11) is 0. The van der Waals surface area contributed by atoms with Crippen molar-refractivity contribution in [2.45, 2.75) is 38.3 Å². The zero-order valence-electron chi connectivity index (χ0n) is 11.1. The SMILES string of the molecule is CCN1C(=O)C(C2SC(C)=C(C)N2CC)SC1=S. The summed E-state index contributed by atoms with van der Waals surface area (Å²) in [6, 6.07) is 0. The van der Waals surface area contributed by atoms with Crippen LogP contribution < -0.4 is 0 Å². The number of nitrogens with zero attached hydrogens (tertiary/aromatic N) is 2. The van der Waals surface area contributed by atoms with E-state index in [-0.39, 0.29) is 16.5 Å². The van der Waals surface area contributed by atoms with Crippen molar-refractivity contribution in [3.63, 3.8) is 0 Å². The third-order valence-electron chi connectivity index (χ3n) is 3.42. The number of carbonyl (C=O) groups excluding carboxylic acids is 1. The standard InChI is InChI=1S/C12H18N2OS3/c1-5-13-7(3)8(4)17-11(13)9-10(15)14(6-2)12(16)18-9/h9,11H,5-6H2,1-4H3. The fourth-order valence-corrected chi connectivity index (χ4v) is 5.54. The van der Waals surface area contributed by atoms with E-state index in [1.807, 2.05) is 6.92 Å². The molecule has 100 valence electrons. The molecule has 2 aliphatic heterocycles. The van der Waals surface area contributed by atoms with Gasteiger partial charge < -0.3 is 4.90 Å². The number of hydrogen-bond donors (Lipinski definition) is 0. The lowest BCUT2D eigenvalue weighted by Gasteiger charge is -2.29. The van der Waals surface area contributed by atoms with Crippen LogP contribution in [-0.4, -0.2) is 43.7 Å². The Balaban J connectivity index is 2.20. The molecule has 2 atom stereocenters. The molecule has 1 saturated heterocycles. The number of carbonyl (C=O) groups is 1. The first-order valence-corrected chi connectivity index (χ1v) is 8.30. The summed E-state index contributed by atoms with van der Waals surface area (Å²) >= 11 is 8.63. The molecule has 18 heavy (non-hydrogen) atoms. The molecule has 1 fully saturated rings. The van der Waals surface area contributed by atoms with Crippen LogP contribution in [0.15, 0.2) is 10.6 Å². The average Bonchev–Trinajstić information content (AvgIpc) is 2.78. The molecule has 0 saturated carbocycles. The van der Waals surface area contributed by atoms with Crippen molar-refractivity contribution in [3.8, 4) is 0 Å². The fraction of sp³-hybridized carbons (Fsp3) is 0.667. The summed E-state index contributed by atoms with van der Waals surface area (Å²) in [5, 5.41) is 0.136. The zero-order valence-corrected chi connectivity index (χ0v) is 13.5. The van der Waals surface area contributed by atoms with Gasteiger partial charge in [-0.15, -0.1) is 11.8 Å². The summed E-state index contributed by atoms with van der Waals surface area (Å²) in [5.41, 5.74) is 1.29. The van der Waals surface area contributed by atoms with Crippen LogP contribution in [0.1, 0.15) is 27.7 Å². The summed E-state index contributed by atoms with van der Waals surface area (Å²) in [4.78, 5) is 17.7. The molecule has 0 aromatic carbocycles. The molecule has 6 heteroatoms. The first-order chi connectivity index (χ1) is 8.51. The lowest BCUT2D eigenvalue weighted by molar-refractivity contribution is -0.126. The monoisotopic (exact) mass is 302 g/mol. The third kappa shape index (κ3) is 2.18. The maximum Gasteiger partial charge on any atom is 0.244 e. The second-order valence-electron chi connectivity index (χ2n) is 4.32. The quantitative estimate of drug-likeness (QED) is 0.746. The maximum absolute atomic E-state index is 12.4. The second kappa shape index (κ2) is 5.43. The Morgan fingerprint density at radius 2 is 1.89 bits per heavy atom. The third-order valence-corrected chi connectivity index (χ3v) is 6.65. The summed E-state index contributed by atoms with van der Waals surface area (Å²) in [5.74, 6) is 0.172. The number of allylic oxidation sites excluding steroid dienone is 2. The number of thioether (sulfide) groups is 2. The van der Waals surface area contributed by atoms with Crippen LogP contribution in [0.3, 0.4) is 0 Å². The molecule has 0 bridgehead atoms. The van der Waals surface area contributed by atoms with E-state index < -0.39 is 0 Å². The van der Waals surface area contributed by atoms with Gasteiger partial charge >= 0.3 is 0 Å². The Morgan fingerprint density at radius 1 is 1.22 bits per heavy atom. The van der Waals surface area contributed by atoms with Gasteiger partial charge in [-0.3, -0.25) is 9.69 Å². The Morgan fingerprint density at radius 3 is 2.39 bits per heavy atom. The summed E-state index contributed by atoms with van der Waals surface area (Å²) < 4.78 is 0.728. The van der Waals surface area contributed by atoms with Crippen LogP contribution in [0.4, 0.5) is 0 Å². The van der Waals surface area contributed by atoms with Crippen molar-refractivity contribution in [3.05, 3.63) is 10.6 Å². The van der Waals surface area contributed by atoms with E-state index in [4.69, 9.17) is 12.2 Å². The summed E-state index contributed by atoms with van der Waals surface area (Å²) in [6.45, 7) is 9.98. The molecule has 1 amide bonds. The van der Waals surface area contributed by atoms with E-state index in [1.54, 1.807) is 28.4 Å². The van der Waals surface area contributed by atoms with Crippen molar-refractivity contribution in [2.75, 3.05) is 13.1 Å². The first kappa shape index (κ1) is 14.2. The van der Waals surface area contributed by atoms with E-state index in [2.05, 4.69) is 25.7 Å². The molecule has 0 aromatic rings. The van der Waals surface area contributed by atoms with E-state index in [0.717, 1.165) is 10.9 Å². The normalized spacial score (nSPS) is 28.9. The molecule has 2 rings (SSSR count). The van der Waals surface area contributed by atoms with Crippen LogP contribution in [0.2, 0.25) is 0 Å². The minimum absolute atomic E-state index is 0.0604. The first-order valence-electron chi connectivity index (χ1n) is 6.14. The van der Waals surface area contributed by atoms with Crippen molar-refractivity contribution >= 4 is 46.0 Å². The van der Waals surface area contributed by atoms with E-state index in [9.17, 15) is 4.79 Å². The number of thiocarbonyl (C=S) groups is 1.